The van der Waals surface area contributed by atoms with Gasteiger partial charge in [-0.15, -0.1) is 0 Å². The number of nitrogens with zero attached hydrogens (tertiary/aromatic N) is 1. The summed E-state index contributed by atoms with van der Waals surface area (Å²) in [6.07, 6.45) is 0. The Hall–Kier alpha value is -1.35. The molecule has 3 nitrogen and oxygen atoms in total. The van der Waals surface area contributed by atoms with Gasteiger partial charge < -0.3 is 4.74 Å². The van der Waals surface area contributed by atoms with Crippen molar-refractivity contribution >= 4 is 5.78 Å². The van der Waals surface area contributed by atoms with Crippen LogP contribution < -0.4 is 4.74 Å². The van der Waals surface area contributed by atoms with E-state index in [1.165, 1.54) is 0 Å². The molecule has 0 saturated heterocycles. The van der Waals surface area contributed by atoms with Crippen LogP contribution in [-0.4, -0.2) is 37.9 Å². The van der Waals surface area contributed by atoms with Crippen molar-refractivity contribution in [3.63, 3.8) is 0 Å². The fraction of sp³-hybridized carbons (Fsp3) is 0.417. The number of hydrogen-bond donors (Lipinski definition) is 0. The number of hydrogen-bond acceptors (Lipinski definition) is 3. The molecule has 1 unspecified atom stereocenters. The standard InChI is InChI=1S/C12H17NO2/c1-9(13(2)3)12(14)10-6-5-7-11(8-10)15-4/h5-9H,1-4H3. The van der Waals surface area contributed by atoms with Gasteiger partial charge in [0.1, 0.15) is 5.75 Å². The predicted octanol–water partition coefficient (Wildman–Crippen LogP) is 1.83. The van der Waals surface area contributed by atoms with Gasteiger partial charge in [-0.05, 0) is 33.2 Å². The van der Waals surface area contributed by atoms with Gasteiger partial charge in [-0.3, -0.25) is 9.69 Å². The van der Waals surface area contributed by atoms with Crippen LogP contribution in [0.15, 0.2) is 24.3 Å². The summed E-state index contributed by atoms with van der Waals surface area (Å²) in [5.41, 5.74) is 0.690. The SMILES string of the molecule is COc1cccc(C(=O)C(C)N(C)C)c1. The Bertz CT molecular complexity index is 347. The summed E-state index contributed by atoms with van der Waals surface area (Å²) in [4.78, 5) is 13.8. The zero-order valence-corrected chi connectivity index (χ0v) is 9.65. The Morgan fingerprint density at radius 2 is 2.07 bits per heavy atom. The van der Waals surface area contributed by atoms with E-state index in [-0.39, 0.29) is 11.8 Å². The second-order valence-corrected chi connectivity index (χ2v) is 3.74. The van der Waals surface area contributed by atoms with E-state index in [0.717, 1.165) is 0 Å². The first-order valence-corrected chi connectivity index (χ1v) is 4.91. The third kappa shape index (κ3) is 2.80. The van der Waals surface area contributed by atoms with E-state index in [2.05, 4.69) is 0 Å². The Morgan fingerprint density at radius 1 is 1.40 bits per heavy atom. The fourth-order valence-electron chi connectivity index (χ4n) is 1.25. The second-order valence-electron chi connectivity index (χ2n) is 3.74. The molecular formula is C12H17NO2. The highest BCUT2D eigenvalue weighted by Gasteiger charge is 2.17. The average Bonchev–Trinajstić information content (AvgIpc) is 2.27. The molecule has 0 aliphatic carbocycles. The summed E-state index contributed by atoms with van der Waals surface area (Å²) in [7, 11) is 5.38. The molecule has 0 aliphatic rings. The Kier molecular flexibility index (Phi) is 3.86. The Balaban J connectivity index is 2.91. The summed E-state index contributed by atoms with van der Waals surface area (Å²) in [6.45, 7) is 1.89. The number of carbonyl (C=O) groups excluding carboxylic acids is 1. The third-order valence-corrected chi connectivity index (χ3v) is 2.51. The lowest BCUT2D eigenvalue weighted by molar-refractivity contribution is 0.0890. The molecule has 1 aromatic carbocycles. The van der Waals surface area contributed by atoms with E-state index in [4.69, 9.17) is 4.74 Å². The average molecular weight is 207 g/mol. The van der Waals surface area contributed by atoms with Crippen LogP contribution >= 0.6 is 0 Å². The molecule has 3 heteroatoms. The zero-order valence-electron chi connectivity index (χ0n) is 9.65. The number of ether oxygens (including phenoxy) is 1. The summed E-state index contributed by atoms with van der Waals surface area (Å²) in [6, 6.07) is 7.12. The van der Waals surface area contributed by atoms with Crippen LogP contribution in [0.2, 0.25) is 0 Å². The van der Waals surface area contributed by atoms with Crippen LogP contribution in [-0.2, 0) is 0 Å². The largest absolute Gasteiger partial charge is 0.497 e. The van der Waals surface area contributed by atoms with E-state index in [1.54, 1.807) is 13.2 Å². The van der Waals surface area contributed by atoms with Gasteiger partial charge in [0.15, 0.2) is 5.78 Å². The smallest absolute Gasteiger partial charge is 0.179 e. The second kappa shape index (κ2) is 4.94. The first kappa shape index (κ1) is 11.7. The maximum absolute atomic E-state index is 12.0. The number of Topliss-reactive ketones (excluding diaryl/α,β-unsaturated/α-hetero) is 1. The van der Waals surface area contributed by atoms with Crippen molar-refractivity contribution in [1.29, 1.82) is 0 Å². The lowest BCUT2D eigenvalue weighted by Crippen LogP contribution is -2.32. The van der Waals surface area contributed by atoms with E-state index in [1.807, 2.05) is 44.1 Å². The molecule has 0 aromatic heterocycles. The van der Waals surface area contributed by atoms with Crippen LogP contribution in [0.4, 0.5) is 0 Å². The highest BCUT2D eigenvalue weighted by molar-refractivity contribution is 6.00. The predicted molar refractivity (Wildman–Crippen MR) is 60.5 cm³/mol. The lowest BCUT2D eigenvalue weighted by atomic mass is 10.0. The Labute approximate surface area is 90.7 Å². The molecule has 15 heavy (non-hydrogen) atoms. The van der Waals surface area contributed by atoms with Crippen molar-refractivity contribution in [2.24, 2.45) is 0 Å². The van der Waals surface area contributed by atoms with Gasteiger partial charge in [0, 0.05) is 5.56 Å². The molecule has 0 bridgehead atoms. The van der Waals surface area contributed by atoms with Crippen molar-refractivity contribution in [3.8, 4) is 5.75 Å². The number of likely N-dealkylation sites (N-methyl/N-ethyl adjacent to an activating group) is 1. The van der Waals surface area contributed by atoms with E-state index >= 15 is 0 Å². The van der Waals surface area contributed by atoms with Crippen molar-refractivity contribution in [2.75, 3.05) is 21.2 Å². The minimum atomic E-state index is -0.114. The molecule has 0 heterocycles. The number of carbonyl (C=O) groups is 1. The van der Waals surface area contributed by atoms with Gasteiger partial charge >= 0.3 is 0 Å². The number of ketones is 1. The summed E-state index contributed by atoms with van der Waals surface area (Å²) in [5, 5.41) is 0. The van der Waals surface area contributed by atoms with Gasteiger partial charge in [-0.1, -0.05) is 12.1 Å². The maximum atomic E-state index is 12.0. The molecule has 0 amide bonds. The van der Waals surface area contributed by atoms with Crippen molar-refractivity contribution in [2.45, 2.75) is 13.0 Å². The molecule has 1 rings (SSSR count). The molecule has 0 N–H and O–H groups in total. The molecule has 0 spiro atoms. The highest BCUT2D eigenvalue weighted by Crippen LogP contribution is 2.15. The lowest BCUT2D eigenvalue weighted by Gasteiger charge is -2.18. The molecule has 1 atom stereocenters. The number of benzene rings is 1. The fourth-order valence-corrected chi connectivity index (χ4v) is 1.25. The van der Waals surface area contributed by atoms with E-state index < -0.39 is 0 Å². The molecule has 1 aromatic rings. The monoisotopic (exact) mass is 207 g/mol. The van der Waals surface area contributed by atoms with E-state index in [9.17, 15) is 4.79 Å². The van der Waals surface area contributed by atoms with Crippen molar-refractivity contribution in [1.82, 2.24) is 4.90 Å². The van der Waals surface area contributed by atoms with Crippen molar-refractivity contribution in [3.05, 3.63) is 29.8 Å². The first-order valence-electron chi connectivity index (χ1n) is 4.91. The summed E-state index contributed by atoms with van der Waals surface area (Å²) >= 11 is 0. The van der Waals surface area contributed by atoms with Crippen molar-refractivity contribution < 1.29 is 9.53 Å². The summed E-state index contributed by atoms with van der Waals surface area (Å²) < 4.78 is 5.08. The van der Waals surface area contributed by atoms with Crippen LogP contribution in [0, 0.1) is 0 Å². The molecule has 0 aliphatic heterocycles. The maximum Gasteiger partial charge on any atom is 0.179 e. The van der Waals surface area contributed by atoms with Gasteiger partial charge in [0.25, 0.3) is 0 Å². The first-order chi connectivity index (χ1) is 7.06. The van der Waals surface area contributed by atoms with Crippen LogP contribution in [0.5, 0.6) is 5.75 Å². The topological polar surface area (TPSA) is 29.5 Å². The molecule has 0 saturated carbocycles. The van der Waals surface area contributed by atoms with Gasteiger partial charge in [0.05, 0.1) is 13.2 Å². The van der Waals surface area contributed by atoms with E-state index in [0.29, 0.717) is 11.3 Å². The van der Waals surface area contributed by atoms with Gasteiger partial charge in [0.2, 0.25) is 0 Å². The third-order valence-electron chi connectivity index (χ3n) is 2.51. The molecule has 0 fully saturated rings. The quantitative estimate of drug-likeness (QED) is 0.705. The van der Waals surface area contributed by atoms with Crippen LogP contribution in [0.25, 0.3) is 0 Å². The summed E-state index contributed by atoms with van der Waals surface area (Å²) in [5.74, 6) is 0.825. The minimum Gasteiger partial charge on any atom is -0.497 e. The van der Waals surface area contributed by atoms with Crippen LogP contribution in [0.1, 0.15) is 17.3 Å². The van der Waals surface area contributed by atoms with Gasteiger partial charge in [-0.25, -0.2) is 0 Å². The number of methoxy groups -OCH3 is 1. The number of rotatable bonds is 4. The zero-order chi connectivity index (χ0) is 11.4. The highest BCUT2D eigenvalue weighted by atomic mass is 16.5. The Morgan fingerprint density at radius 3 is 2.60 bits per heavy atom. The molecule has 0 radical (unpaired) electrons. The molecular weight excluding hydrogens is 190 g/mol. The minimum absolute atomic E-state index is 0.110. The van der Waals surface area contributed by atoms with Gasteiger partial charge in [-0.2, -0.15) is 0 Å². The van der Waals surface area contributed by atoms with Crippen LogP contribution in [0.3, 0.4) is 0 Å². The normalized spacial score (nSPS) is 12.6. The molecule has 82 valence electrons.